The fraction of sp³-hybridized carbons (Fsp3) is 0.200. The van der Waals surface area contributed by atoms with Crippen molar-refractivity contribution in [2.75, 3.05) is 6.54 Å². The van der Waals surface area contributed by atoms with Crippen molar-refractivity contribution in [2.45, 2.75) is 12.5 Å². The molecule has 0 aliphatic carbocycles. The van der Waals surface area contributed by atoms with Crippen LogP contribution >= 0.6 is 11.6 Å². The van der Waals surface area contributed by atoms with E-state index in [2.05, 4.69) is 5.32 Å². The van der Waals surface area contributed by atoms with Gasteiger partial charge in [-0.15, -0.1) is 0 Å². The molecule has 2 N–H and O–H groups in total. The molecule has 0 bridgehead atoms. The summed E-state index contributed by atoms with van der Waals surface area (Å²) in [5.41, 5.74) is 3.65. The van der Waals surface area contributed by atoms with E-state index in [0.717, 1.165) is 18.0 Å². The number of rotatable bonds is 1. The summed E-state index contributed by atoms with van der Waals surface area (Å²) in [6.45, 7) is 0.920. The topological polar surface area (TPSA) is 32.3 Å². The highest BCUT2D eigenvalue weighted by atomic mass is 35.5. The van der Waals surface area contributed by atoms with E-state index in [9.17, 15) is 5.11 Å². The summed E-state index contributed by atoms with van der Waals surface area (Å²) in [6.07, 6.45) is 0.952. The van der Waals surface area contributed by atoms with Crippen LogP contribution in [-0.2, 0) is 6.42 Å². The van der Waals surface area contributed by atoms with E-state index in [1.165, 1.54) is 16.7 Å². The van der Waals surface area contributed by atoms with Crippen LogP contribution in [0, 0.1) is 0 Å². The van der Waals surface area contributed by atoms with E-state index < -0.39 is 0 Å². The Bertz CT molecular complexity index is 565. The first kappa shape index (κ1) is 11.6. The minimum Gasteiger partial charge on any atom is -0.508 e. The monoisotopic (exact) mass is 259 g/mol. The number of phenolic OH excluding ortho intramolecular Hbond substituents is 1. The molecule has 0 aromatic heterocycles. The van der Waals surface area contributed by atoms with Crippen LogP contribution in [0.5, 0.6) is 5.75 Å². The van der Waals surface area contributed by atoms with Gasteiger partial charge >= 0.3 is 0 Å². The molecule has 0 saturated heterocycles. The number of nitrogens with one attached hydrogen (secondary N) is 1. The molecule has 0 spiro atoms. The zero-order valence-corrected chi connectivity index (χ0v) is 10.6. The fourth-order valence-electron chi connectivity index (χ4n) is 2.50. The van der Waals surface area contributed by atoms with Crippen LogP contribution in [0.3, 0.4) is 0 Å². The fourth-order valence-corrected chi connectivity index (χ4v) is 2.63. The molecule has 92 valence electrons. The first-order valence-corrected chi connectivity index (χ1v) is 6.42. The highest BCUT2D eigenvalue weighted by Crippen LogP contribution is 2.31. The second-order valence-electron chi connectivity index (χ2n) is 4.57. The summed E-state index contributed by atoms with van der Waals surface area (Å²) in [5.74, 6) is 0.338. The molecule has 3 heteroatoms. The Labute approximate surface area is 111 Å². The van der Waals surface area contributed by atoms with Crippen LogP contribution in [0.25, 0.3) is 0 Å². The SMILES string of the molecule is Oc1ccc2c(c1)CCNC2c1ccc(Cl)cc1. The molecule has 2 nitrogen and oxygen atoms in total. The van der Waals surface area contributed by atoms with Crippen molar-refractivity contribution >= 4 is 11.6 Å². The van der Waals surface area contributed by atoms with Crippen LogP contribution in [0.1, 0.15) is 22.7 Å². The van der Waals surface area contributed by atoms with Gasteiger partial charge < -0.3 is 10.4 Å². The van der Waals surface area contributed by atoms with Crippen LogP contribution in [-0.4, -0.2) is 11.7 Å². The van der Waals surface area contributed by atoms with Crippen molar-refractivity contribution < 1.29 is 5.11 Å². The highest BCUT2D eigenvalue weighted by molar-refractivity contribution is 6.30. The van der Waals surface area contributed by atoms with Gasteiger partial charge in [-0.3, -0.25) is 0 Å². The van der Waals surface area contributed by atoms with Crippen molar-refractivity contribution in [1.82, 2.24) is 5.32 Å². The third kappa shape index (κ3) is 2.09. The van der Waals surface area contributed by atoms with Crippen LogP contribution < -0.4 is 5.32 Å². The molecule has 1 aliphatic heterocycles. The molecule has 1 unspecified atom stereocenters. The molecule has 0 amide bonds. The molecule has 0 radical (unpaired) electrons. The van der Waals surface area contributed by atoms with Crippen molar-refractivity contribution in [3.8, 4) is 5.75 Å². The van der Waals surface area contributed by atoms with Gasteiger partial charge in [0.2, 0.25) is 0 Å². The molecular weight excluding hydrogens is 246 g/mol. The number of hydrogen-bond acceptors (Lipinski definition) is 2. The third-order valence-corrected chi connectivity index (χ3v) is 3.64. The molecule has 0 saturated carbocycles. The molecule has 3 rings (SSSR count). The van der Waals surface area contributed by atoms with Gasteiger partial charge in [0.25, 0.3) is 0 Å². The number of hydrogen-bond donors (Lipinski definition) is 2. The third-order valence-electron chi connectivity index (χ3n) is 3.38. The first-order chi connectivity index (χ1) is 8.74. The zero-order chi connectivity index (χ0) is 12.5. The van der Waals surface area contributed by atoms with Crippen molar-refractivity contribution in [1.29, 1.82) is 0 Å². The lowest BCUT2D eigenvalue weighted by Crippen LogP contribution is -2.30. The second kappa shape index (κ2) is 4.63. The molecule has 2 aromatic carbocycles. The molecule has 2 aromatic rings. The maximum absolute atomic E-state index is 9.54. The number of benzene rings is 2. The van der Waals surface area contributed by atoms with Gasteiger partial charge in [0.1, 0.15) is 5.75 Å². The maximum Gasteiger partial charge on any atom is 0.115 e. The summed E-state index contributed by atoms with van der Waals surface area (Å²) in [6, 6.07) is 13.7. The Morgan fingerprint density at radius 3 is 2.67 bits per heavy atom. The van der Waals surface area contributed by atoms with Gasteiger partial charge in [0.15, 0.2) is 0 Å². The standard InChI is InChI=1S/C15H14ClNO/c16-12-3-1-10(2-4-12)15-14-6-5-13(18)9-11(14)7-8-17-15/h1-6,9,15,17-18H,7-8H2. The average molecular weight is 260 g/mol. The lowest BCUT2D eigenvalue weighted by Gasteiger charge is -2.27. The molecule has 0 fully saturated rings. The molecular formula is C15H14ClNO. The maximum atomic E-state index is 9.54. The normalized spacial score (nSPS) is 18.4. The summed E-state index contributed by atoms with van der Waals surface area (Å²) in [7, 11) is 0. The van der Waals surface area contributed by atoms with E-state index in [1.807, 2.05) is 36.4 Å². The van der Waals surface area contributed by atoms with Crippen molar-refractivity contribution in [3.63, 3.8) is 0 Å². The summed E-state index contributed by atoms with van der Waals surface area (Å²) < 4.78 is 0. The average Bonchev–Trinajstić information content (AvgIpc) is 2.38. The second-order valence-corrected chi connectivity index (χ2v) is 5.01. The van der Waals surface area contributed by atoms with E-state index in [1.54, 1.807) is 6.07 Å². The van der Waals surface area contributed by atoms with Gasteiger partial charge in [-0.1, -0.05) is 29.8 Å². The minimum absolute atomic E-state index is 0.187. The Kier molecular flexibility index (Phi) is 2.98. The number of halogens is 1. The number of fused-ring (bicyclic) bond motifs is 1. The zero-order valence-electron chi connectivity index (χ0n) is 9.86. The van der Waals surface area contributed by atoms with Gasteiger partial charge in [-0.05, 0) is 47.4 Å². The summed E-state index contributed by atoms with van der Waals surface area (Å²) >= 11 is 5.92. The van der Waals surface area contributed by atoms with Crippen LogP contribution in [0.4, 0.5) is 0 Å². The molecule has 1 heterocycles. The Hall–Kier alpha value is -1.51. The smallest absolute Gasteiger partial charge is 0.115 e. The van der Waals surface area contributed by atoms with E-state index in [4.69, 9.17) is 11.6 Å². The number of phenols is 1. The number of aromatic hydroxyl groups is 1. The van der Waals surface area contributed by atoms with E-state index in [-0.39, 0.29) is 6.04 Å². The highest BCUT2D eigenvalue weighted by Gasteiger charge is 2.21. The lowest BCUT2D eigenvalue weighted by atomic mass is 9.90. The predicted octanol–water partition coefficient (Wildman–Crippen LogP) is 3.28. The van der Waals surface area contributed by atoms with Gasteiger partial charge in [0, 0.05) is 11.6 Å². The van der Waals surface area contributed by atoms with Gasteiger partial charge in [-0.25, -0.2) is 0 Å². The lowest BCUT2D eigenvalue weighted by molar-refractivity contribution is 0.471. The minimum atomic E-state index is 0.187. The Balaban J connectivity index is 2.03. The Morgan fingerprint density at radius 1 is 1.11 bits per heavy atom. The summed E-state index contributed by atoms with van der Waals surface area (Å²) in [5, 5.41) is 13.8. The van der Waals surface area contributed by atoms with Crippen molar-refractivity contribution in [3.05, 3.63) is 64.2 Å². The van der Waals surface area contributed by atoms with Gasteiger partial charge in [0.05, 0.1) is 6.04 Å². The predicted molar refractivity (Wildman–Crippen MR) is 73.1 cm³/mol. The van der Waals surface area contributed by atoms with Crippen LogP contribution in [0.2, 0.25) is 5.02 Å². The van der Waals surface area contributed by atoms with Gasteiger partial charge in [-0.2, -0.15) is 0 Å². The molecule has 1 atom stereocenters. The van der Waals surface area contributed by atoms with Crippen molar-refractivity contribution in [2.24, 2.45) is 0 Å². The van der Waals surface area contributed by atoms with Crippen LogP contribution in [0.15, 0.2) is 42.5 Å². The van der Waals surface area contributed by atoms with E-state index >= 15 is 0 Å². The largest absolute Gasteiger partial charge is 0.508 e. The summed E-state index contributed by atoms with van der Waals surface area (Å²) in [4.78, 5) is 0. The molecule has 1 aliphatic rings. The van der Waals surface area contributed by atoms with E-state index in [0.29, 0.717) is 5.75 Å². The quantitative estimate of drug-likeness (QED) is 0.824. The molecule has 18 heavy (non-hydrogen) atoms. The Morgan fingerprint density at radius 2 is 1.89 bits per heavy atom. The first-order valence-electron chi connectivity index (χ1n) is 6.05.